The van der Waals surface area contributed by atoms with E-state index in [9.17, 15) is 9.18 Å². The van der Waals surface area contributed by atoms with E-state index in [-0.39, 0.29) is 11.7 Å². The summed E-state index contributed by atoms with van der Waals surface area (Å²) in [5.41, 5.74) is 3.83. The number of amides is 1. The number of hydrogen-bond acceptors (Lipinski definition) is 5. The Bertz CT molecular complexity index is 1470. The lowest BCUT2D eigenvalue weighted by atomic mass is 10.1. The van der Waals surface area contributed by atoms with Crippen LogP contribution in [0.5, 0.6) is 5.75 Å². The van der Waals surface area contributed by atoms with Crippen LogP contribution in [-0.4, -0.2) is 38.1 Å². The largest absolute Gasteiger partial charge is 0.491 e. The van der Waals surface area contributed by atoms with Crippen molar-refractivity contribution in [2.45, 2.75) is 13.3 Å². The smallest absolute Gasteiger partial charge is 0.266 e. The summed E-state index contributed by atoms with van der Waals surface area (Å²) in [7, 11) is 0. The highest BCUT2D eigenvalue weighted by Crippen LogP contribution is 2.35. The van der Waals surface area contributed by atoms with Crippen LogP contribution in [0.4, 0.5) is 4.39 Å². The zero-order valence-electron chi connectivity index (χ0n) is 20.1. The Hall–Kier alpha value is -3.75. The van der Waals surface area contributed by atoms with Crippen LogP contribution >= 0.6 is 24.0 Å². The molecule has 0 aliphatic carbocycles. The molecule has 4 aromatic rings. The van der Waals surface area contributed by atoms with Crippen LogP contribution < -0.4 is 4.74 Å². The van der Waals surface area contributed by atoms with Crippen LogP contribution in [0.1, 0.15) is 18.1 Å². The van der Waals surface area contributed by atoms with Gasteiger partial charge in [-0.1, -0.05) is 72.5 Å². The number of ether oxygens (including phenoxy) is 1. The van der Waals surface area contributed by atoms with Gasteiger partial charge < -0.3 is 4.74 Å². The number of hydrogen-bond donors (Lipinski definition) is 0. The average molecular weight is 530 g/mol. The van der Waals surface area contributed by atoms with Crippen molar-refractivity contribution < 1.29 is 13.9 Å². The molecule has 5 rings (SSSR count). The first-order valence-corrected chi connectivity index (χ1v) is 13.1. The number of rotatable bonds is 8. The molecule has 1 aliphatic rings. The van der Waals surface area contributed by atoms with Gasteiger partial charge in [0.05, 0.1) is 17.2 Å². The van der Waals surface area contributed by atoms with Gasteiger partial charge in [0.15, 0.2) is 11.6 Å². The van der Waals surface area contributed by atoms with Gasteiger partial charge in [-0.15, -0.1) is 0 Å². The normalized spacial score (nSPS) is 14.5. The molecular weight excluding hydrogens is 505 g/mol. The van der Waals surface area contributed by atoms with Crippen LogP contribution in [0.3, 0.4) is 0 Å². The predicted octanol–water partition coefficient (Wildman–Crippen LogP) is 6.52. The highest BCUT2D eigenvalue weighted by Gasteiger charge is 2.32. The summed E-state index contributed by atoms with van der Waals surface area (Å²) in [6.07, 6.45) is 4.34. The number of thioether (sulfide) groups is 1. The number of nitrogens with zero attached hydrogens (tertiary/aromatic N) is 3. The van der Waals surface area contributed by atoms with Gasteiger partial charge in [-0.25, -0.2) is 9.07 Å². The summed E-state index contributed by atoms with van der Waals surface area (Å²) in [5.74, 6) is -0.413. The maximum Gasteiger partial charge on any atom is 0.266 e. The SMILES string of the molecule is CCOc1ccc(-c2nn(-c3ccccc3)cc2/C=C2\SC(=S)N(CCc3ccccc3)C2=O)cc1F. The Kier molecular flexibility index (Phi) is 7.48. The minimum Gasteiger partial charge on any atom is -0.491 e. The highest BCUT2D eigenvalue weighted by molar-refractivity contribution is 8.26. The monoisotopic (exact) mass is 529 g/mol. The molecule has 1 fully saturated rings. The molecule has 0 bridgehead atoms. The van der Waals surface area contributed by atoms with Crippen LogP contribution in [0.2, 0.25) is 0 Å². The molecule has 1 aliphatic heterocycles. The van der Waals surface area contributed by atoms with E-state index in [2.05, 4.69) is 0 Å². The van der Waals surface area contributed by atoms with Crippen molar-refractivity contribution in [3.8, 4) is 22.7 Å². The average Bonchev–Trinajstić information content (AvgIpc) is 3.45. The molecule has 0 spiro atoms. The van der Waals surface area contributed by atoms with Gasteiger partial charge in [0.1, 0.15) is 10.0 Å². The minimum atomic E-state index is -0.466. The van der Waals surface area contributed by atoms with E-state index >= 15 is 0 Å². The van der Waals surface area contributed by atoms with Crippen LogP contribution in [0, 0.1) is 5.82 Å². The van der Waals surface area contributed by atoms with Crippen molar-refractivity contribution in [2.75, 3.05) is 13.2 Å². The van der Waals surface area contributed by atoms with Gasteiger partial charge in [-0.3, -0.25) is 9.69 Å². The lowest BCUT2D eigenvalue weighted by Gasteiger charge is -2.14. The molecular formula is C29H24FN3O2S2. The van der Waals surface area contributed by atoms with E-state index < -0.39 is 5.82 Å². The second-order valence-electron chi connectivity index (χ2n) is 8.36. The lowest BCUT2D eigenvalue weighted by molar-refractivity contribution is -0.122. The zero-order valence-corrected chi connectivity index (χ0v) is 21.8. The maximum absolute atomic E-state index is 14.7. The summed E-state index contributed by atoms with van der Waals surface area (Å²) >= 11 is 6.80. The van der Waals surface area contributed by atoms with Gasteiger partial charge in [-0.2, -0.15) is 5.10 Å². The van der Waals surface area contributed by atoms with E-state index in [1.54, 1.807) is 27.8 Å². The van der Waals surface area contributed by atoms with Crippen molar-refractivity contribution in [3.63, 3.8) is 0 Å². The fraction of sp³-hybridized carbons (Fsp3) is 0.138. The van der Waals surface area contributed by atoms with Crippen molar-refractivity contribution in [1.29, 1.82) is 0 Å². The van der Waals surface area contributed by atoms with Crippen LogP contribution in [0.15, 0.2) is 90.0 Å². The molecule has 37 heavy (non-hydrogen) atoms. The molecule has 0 N–H and O–H groups in total. The summed E-state index contributed by atoms with van der Waals surface area (Å²) < 4.78 is 22.3. The summed E-state index contributed by atoms with van der Waals surface area (Å²) in [4.78, 5) is 15.4. The quantitative estimate of drug-likeness (QED) is 0.192. The van der Waals surface area contributed by atoms with Gasteiger partial charge >= 0.3 is 0 Å². The third kappa shape index (κ3) is 5.50. The lowest BCUT2D eigenvalue weighted by Crippen LogP contribution is -2.30. The third-order valence-corrected chi connectivity index (χ3v) is 7.27. The third-order valence-electron chi connectivity index (χ3n) is 5.90. The molecule has 186 valence electrons. The number of thiocarbonyl (C=S) groups is 1. The fourth-order valence-electron chi connectivity index (χ4n) is 4.07. The van der Waals surface area contributed by atoms with Gasteiger partial charge in [-0.05, 0) is 55.3 Å². The van der Waals surface area contributed by atoms with Crippen LogP contribution in [0.25, 0.3) is 23.0 Å². The first kappa shape index (κ1) is 24.9. The van der Waals surface area contributed by atoms with E-state index in [1.807, 2.05) is 73.8 Å². The molecule has 0 unspecified atom stereocenters. The Morgan fingerprint density at radius 1 is 1.05 bits per heavy atom. The van der Waals surface area contributed by atoms with Crippen LogP contribution in [-0.2, 0) is 11.2 Å². The zero-order chi connectivity index (χ0) is 25.8. The highest BCUT2D eigenvalue weighted by atomic mass is 32.2. The molecule has 2 heterocycles. The van der Waals surface area contributed by atoms with Crippen molar-refractivity contribution in [3.05, 3.63) is 107 Å². The van der Waals surface area contributed by atoms with Gasteiger partial charge in [0.25, 0.3) is 5.91 Å². The summed E-state index contributed by atoms with van der Waals surface area (Å²) in [5, 5.41) is 4.75. The number of benzene rings is 3. The van der Waals surface area contributed by atoms with Gasteiger partial charge in [0.2, 0.25) is 0 Å². The first-order chi connectivity index (χ1) is 18.0. The number of para-hydroxylation sites is 1. The van der Waals surface area contributed by atoms with Gasteiger partial charge in [0, 0.05) is 23.9 Å². The molecule has 5 nitrogen and oxygen atoms in total. The molecule has 8 heteroatoms. The summed E-state index contributed by atoms with van der Waals surface area (Å²) in [6.45, 7) is 2.69. The Labute approximate surface area is 224 Å². The molecule has 1 amide bonds. The number of halogens is 1. The number of aromatic nitrogens is 2. The van der Waals surface area contributed by atoms with Crippen molar-refractivity contribution in [1.82, 2.24) is 14.7 Å². The number of carbonyl (C=O) groups excluding carboxylic acids is 1. The maximum atomic E-state index is 14.7. The van der Waals surface area contributed by atoms with E-state index in [0.717, 1.165) is 11.3 Å². The molecule has 0 radical (unpaired) electrons. The topological polar surface area (TPSA) is 47.4 Å². The van der Waals surface area contributed by atoms with E-state index in [0.29, 0.717) is 45.6 Å². The molecule has 0 atom stereocenters. The van der Waals surface area contributed by atoms with E-state index in [1.165, 1.54) is 17.8 Å². The standard InChI is InChI=1S/C29H24FN3O2S2/c1-2-35-25-14-13-21(17-24(25)30)27-22(19-33(31-27)23-11-7-4-8-12-23)18-26-28(34)32(29(36)37-26)16-15-20-9-5-3-6-10-20/h3-14,17-19H,2,15-16H2,1H3/b26-18-. The second kappa shape index (κ2) is 11.1. The Morgan fingerprint density at radius 3 is 2.49 bits per heavy atom. The predicted molar refractivity (Wildman–Crippen MR) is 150 cm³/mol. The molecule has 1 aromatic heterocycles. The first-order valence-electron chi connectivity index (χ1n) is 11.9. The molecule has 1 saturated heterocycles. The van der Waals surface area contributed by atoms with Crippen molar-refractivity contribution in [2.24, 2.45) is 0 Å². The Morgan fingerprint density at radius 2 is 1.78 bits per heavy atom. The Balaban J connectivity index is 1.48. The fourth-order valence-corrected chi connectivity index (χ4v) is 5.37. The minimum absolute atomic E-state index is 0.137. The molecule has 0 saturated carbocycles. The second-order valence-corrected chi connectivity index (χ2v) is 10.0. The molecule has 3 aromatic carbocycles. The van der Waals surface area contributed by atoms with E-state index in [4.69, 9.17) is 22.1 Å². The number of carbonyl (C=O) groups is 1. The van der Waals surface area contributed by atoms with Crippen molar-refractivity contribution >= 4 is 40.3 Å². The summed E-state index contributed by atoms with van der Waals surface area (Å²) in [6, 6.07) is 24.4.